The van der Waals surface area contributed by atoms with E-state index in [1.54, 1.807) is 0 Å². The summed E-state index contributed by atoms with van der Waals surface area (Å²) >= 11 is 0. The zero-order valence-corrected chi connectivity index (χ0v) is 73.0. The summed E-state index contributed by atoms with van der Waals surface area (Å²) < 4.78 is 108. The van der Waals surface area contributed by atoms with Crippen molar-refractivity contribution in [3.05, 3.63) is 0 Å². The summed E-state index contributed by atoms with van der Waals surface area (Å²) in [5, 5.41) is 339. The van der Waals surface area contributed by atoms with Crippen LogP contribution in [0.2, 0.25) is 0 Å². The molecule has 0 aliphatic carbocycles. The lowest BCUT2D eigenvalue weighted by molar-refractivity contribution is -0.398. The minimum absolute atomic E-state index is 0.843. The smallest absolute Gasteiger partial charge is 0.364 e. The first-order valence-corrected chi connectivity index (χ1v) is 42.7. The number of carbonyl (C=O) groups excluding carboxylic acids is 6. The standard InChI is InChI=1S/C75H126N6O54/c1-19(92)76-25(8-82)42(101)57(28(100)10-84)127-66-38(78-21(3)94)49(108)60(34(16-90)122-66)130-71-56(115)63(47(106)36(126-71)18-118-72-64(53(112)45(104)30(12-86)120-72)132-68-40(80-23(5)96)50(109)59(33(15-89)124-68)129-70-55(114)52(111)44(103)29(11-85)119-70)131-73-65(54(113)46(105)31(13-87)121-73)133-69-39(79-22(4)95)48(107)58(32(14-88)123-69)128-67-41(81-24(6)97)51(110)61(35(17-91)125-67)134-75(74(116)117)7-26(98)37(77-20(2)93)62(135-75)43(102)27(99)9-83/h25-73,82-91,98-115H,7-18H2,1-6H3,(H,76,92)(H,77,93)(H,78,94)(H,79,95)(H,80,96)(H,81,97)(H,116,117)/t25-,26-,27+,28+,29+,30+,31+,32+,33+,34+,35+,36+,37+,38+,39+,40+,41+,42+,43+,44-,45+,46+,47+,48+,49+,50+,51+,52-,53-,54-,55+,56-,57+,58+,59+,60+,61-,62+,63-,64-,65-,66?,67?,68?,69?,70?,71?,72?,73?,75?/m0/s1. The molecule has 9 unspecified atom stereocenters. The highest BCUT2D eigenvalue weighted by Crippen LogP contribution is 2.43. The lowest BCUT2D eigenvalue weighted by Gasteiger charge is -2.52. The fourth-order valence-corrected chi connectivity index (χ4v) is 17.0. The van der Waals surface area contributed by atoms with Crippen molar-refractivity contribution in [2.45, 2.75) is 354 Å². The van der Waals surface area contributed by atoms with E-state index in [2.05, 4.69) is 31.9 Å². The first-order chi connectivity index (χ1) is 63.7. The second kappa shape index (κ2) is 49.9. The highest BCUT2D eigenvalue weighted by molar-refractivity contribution is 5.77. The van der Waals surface area contributed by atoms with E-state index >= 15 is 0 Å². The molecule has 9 fully saturated rings. The Balaban J connectivity index is 1.06. The van der Waals surface area contributed by atoms with Crippen LogP contribution in [0.5, 0.6) is 0 Å². The average molecular weight is 1980 g/mol. The zero-order valence-electron chi connectivity index (χ0n) is 73.0. The van der Waals surface area contributed by atoms with Crippen LogP contribution in [-0.4, -0.2) is 568 Å². The Morgan fingerprint density at radius 2 is 0.674 bits per heavy atom. The molecule has 0 aromatic heterocycles. The molecule has 0 aromatic carbocycles. The second-order valence-corrected chi connectivity index (χ2v) is 33.6. The van der Waals surface area contributed by atoms with Gasteiger partial charge in [-0.25, -0.2) is 4.79 Å². The SMILES string of the molecule is CC(=O)N[C@H]1[C@H]([C@H](O)[C@H](O)CO)OC(O[C@@H]2[C@H](O)[C@@H](NC(C)=O)C(O[C@H]3[C@H](O)[C@@H](NC(C)=O)C(O[C@@H]4C(O[C@H]5[C@H](O)[C@@H](COC6O[C@H](CO)[C@@H](O)[C@H](O)[C@@H]6OC6O[C@H](CO)[C@@H](OC7O[C@H](CO)[C@H](O)[C@H](O)[C@H]7O)[C@H](O)[C@H]6NC(C)=O)OC(O[C@H]6[C@H](O)[C@@H](NC(C)=O)C(O[C@@H]([C@H](O)[C@H](CO)NC(C)=O)[C@H](O)CO)O[C@@H]6CO)[C@H]5O)O[C@H](CO)[C@@H](O)[C@@H]4O)O[C@@H]3CO)O[C@@H]2CO)(C(=O)O)C[C@@H]1O. The maximum Gasteiger partial charge on any atom is 0.364 e. The first-order valence-electron chi connectivity index (χ1n) is 42.7. The van der Waals surface area contributed by atoms with E-state index in [1.165, 1.54) is 0 Å². The van der Waals surface area contributed by atoms with E-state index in [1.807, 2.05) is 0 Å². The molecule has 0 saturated carbocycles. The first kappa shape index (κ1) is 113. The van der Waals surface area contributed by atoms with E-state index in [-0.39, 0.29) is 0 Å². The molecule has 60 nitrogen and oxygen atoms in total. The van der Waals surface area contributed by atoms with Crippen molar-refractivity contribution in [2.75, 3.05) is 72.7 Å². The lowest BCUT2D eigenvalue weighted by atomic mass is 9.88. The van der Waals surface area contributed by atoms with Crippen LogP contribution >= 0.6 is 0 Å². The summed E-state index contributed by atoms with van der Waals surface area (Å²) in [5.41, 5.74) is 0. The van der Waals surface area contributed by atoms with Crippen molar-refractivity contribution >= 4 is 41.4 Å². The number of carbonyl (C=O) groups is 7. The number of carboxylic acid groups (broad SMARTS) is 1. The molecule has 780 valence electrons. The predicted molar refractivity (Wildman–Crippen MR) is 419 cm³/mol. The molecule has 0 radical (unpaired) electrons. The van der Waals surface area contributed by atoms with E-state index < -0.39 is 427 Å². The van der Waals surface area contributed by atoms with Crippen molar-refractivity contribution in [3.8, 4) is 0 Å². The summed E-state index contributed by atoms with van der Waals surface area (Å²) in [6, 6.07) is -11.7. The molecule has 9 rings (SSSR count). The van der Waals surface area contributed by atoms with E-state index in [0.29, 0.717) is 0 Å². The molecule has 60 heteroatoms. The van der Waals surface area contributed by atoms with Crippen molar-refractivity contribution in [2.24, 2.45) is 0 Å². The van der Waals surface area contributed by atoms with Crippen LogP contribution in [0.3, 0.4) is 0 Å². The number of hydrogen-bond donors (Lipinski definition) is 35. The largest absolute Gasteiger partial charge is 0.477 e. The van der Waals surface area contributed by atoms with Gasteiger partial charge in [0.25, 0.3) is 5.79 Å². The highest BCUT2D eigenvalue weighted by atomic mass is 16.8. The Hall–Kier alpha value is -5.55. The van der Waals surface area contributed by atoms with Gasteiger partial charge in [-0.15, -0.1) is 0 Å². The molecule has 9 saturated heterocycles. The van der Waals surface area contributed by atoms with Crippen LogP contribution < -0.4 is 31.9 Å². The van der Waals surface area contributed by atoms with E-state index in [9.17, 15) is 182 Å². The van der Waals surface area contributed by atoms with Gasteiger partial charge in [0.15, 0.2) is 50.3 Å². The zero-order chi connectivity index (χ0) is 100. The van der Waals surface area contributed by atoms with Gasteiger partial charge in [0.05, 0.1) is 90.9 Å². The van der Waals surface area contributed by atoms with Gasteiger partial charge in [0, 0.05) is 48.0 Å². The van der Waals surface area contributed by atoms with E-state index in [4.69, 9.17) is 85.3 Å². The Morgan fingerprint density at radius 1 is 0.333 bits per heavy atom. The number of ether oxygens (including phenoxy) is 18. The molecular formula is C75H126N6O54. The van der Waals surface area contributed by atoms with Gasteiger partial charge in [-0.05, 0) is 0 Å². The number of carboxylic acids is 1. The minimum atomic E-state index is -3.27. The van der Waals surface area contributed by atoms with Gasteiger partial charge >= 0.3 is 5.97 Å². The summed E-state index contributed by atoms with van der Waals surface area (Å²) in [7, 11) is 0. The Morgan fingerprint density at radius 3 is 1.08 bits per heavy atom. The average Bonchev–Trinajstić information content (AvgIpc) is 0.732. The maximum atomic E-state index is 13.4. The van der Waals surface area contributed by atoms with Gasteiger partial charge in [-0.1, -0.05) is 0 Å². The third kappa shape index (κ3) is 26.1. The number of aliphatic hydroxyl groups is 28. The lowest BCUT2D eigenvalue weighted by Crippen LogP contribution is -2.72. The van der Waals surface area contributed by atoms with Crippen molar-refractivity contribution in [3.63, 3.8) is 0 Å². The fourth-order valence-electron chi connectivity index (χ4n) is 17.0. The van der Waals surface area contributed by atoms with Crippen LogP contribution in [0.25, 0.3) is 0 Å². The minimum Gasteiger partial charge on any atom is -0.477 e. The topological polar surface area (TPSA) is 944 Å². The quantitative estimate of drug-likeness (QED) is 0.0270. The molecule has 35 N–H and O–H groups in total. The number of aliphatic hydroxyl groups excluding tert-OH is 28. The summed E-state index contributed by atoms with van der Waals surface area (Å²) in [5.74, 6) is -11.2. The number of aliphatic carboxylic acids is 1. The third-order valence-corrected chi connectivity index (χ3v) is 23.9. The van der Waals surface area contributed by atoms with Gasteiger partial charge < -0.3 is 265 Å². The van der Waals surface area contributed by atoms with Crippen molar-refractivity contribution < 1.29 is 267 Å². The molecule has 0 aromatic rings. The number of rotatable bonds is 41. The molecule has 9 heterocycles. The van der Waals surface area contributed by atoms with Gasteiger partial charge in [-0.3, -0.25) is 28.8 Å². The molecular weight excluding hydrogens is 1850 g/mol. The normalized spacial score (nSPS) is 43.9. The number of nitrogens with one attached hydrogen (secondary N) is 6. The molecule has 9 aliphatic heterocycles. The predicted octanol–water partition coefficient (Wildman–Crippen LogP) is -23.1. The van der Waals surface area contributed by atoms with Crippen molar-refractivity contribution in [1.82, 2.24) is 31.9 Å². The van der Waals surface area contributed by atoms with Gasteiger partial charge in [0.2, 0.25) is 35.4 Å². The second-order valence-electron chi connectivity index (χ2n) is 33.6. The van der Waals surface area contributed by atoms with Crippen LogP contribution in [0, 0.1) is 0 Å². The molecule has 0 spiro atoms. The van der Waals surface area contributed by atoms with Crippen LogP contribution in [-0.2, 0) is 119 Å². The number of amides is 6. The summed E-state index contributed by atoms with van der Waals surface area (Å²) in [6.45, 7) is -7.82. The van der Waals surface area contributed by atoms with Gasteiger partial charge in [-0.2, -0.15) is 0 Å². The monoisotopic (exact) mass is 1970 g/mol. The van der Waals surface area contributed by atoms with Crippen LogP contribution in [0.4, 0.5) is 0 Å². The molecule has 135 heavy (non-hydrogen) atoms. The Kier molecular flexibility index (Phi) is 41.8. The third-order valence-electron chi connectivity index (χ3n) is 23.9. The number of hydrogen-bond acceptors (Lipinski definition) is 53. The Bertz CT molecular complexity index is 3760. The van der Waals surface area contributed by atoms with E-state index in [0.717, 1.165) is 41.5 Å². The van der Waals surface area contributed by atoms with Crippen LogP contribution in [0.15, 0.2) is 0 Å². The summed E-state index contributed by atoms with van der Waals surface area (Å²) in [4.78, 5) is 90.2. The Labute approximate surface area is 764 Å². The molecule has 6 amide bonds. The maximum absolute atomic E-state index is 13.4. The molecule has 50 atom stereocenters. The summed E-state index contributed by atoms with van der Waals surface area (Å²) in [6.07, 6.45) is -96.8. The molecule has 9 aliphatic rings. The highest BCUT2D eigenvalue weighted by Gasteiger charge is 2.64. The molecule has 0 bridgehead atoms. The van der Waals surface area contributed by atoms with Crippen molar-refractivity contribution in [1.29, 1.82) is 0 Å². The fraction of sp³-hybridized carbons (Fsp3) is 0.907. The van der Waals surface area contributed by atoms with Crippen LogP contribution in [0.1, 0.15) is 48.0 Å². The van der Waals surface area contributed by atoms with Gasteiger partial charge in [0.1, 0.15) is 232 Å².